The largest absolute Gasteiger partial charge is 0.324 e. The first-order valence-corrected chi connectivity index (χ1v) is 7.07. The van der Waals surface area contributed by atoms with E-state index >= 15 is 0 Å². The maximum Gasteiger partial charge on any atom is 0.324 e. The molecule has 0 radical (unpaired) electrons. The molecule has 0 aliphatic rings. The number of nitro groups is 1. The summed E-state index contributed by atoms with van der Waals surface area (Å²) < 4.78 is 0. The van der Waals surface area contributed by atoms with Crippen molar-refractivity contribution in [2.45, 2.75) is 12.8 Å². The third kappa shape index (κ3) is 4.81. The molecule has 2 aromatic rings. The summed E-state index contributed by atoms with van der Waals surface area (Å²) in [6.45, 7) is 0. The molecule has 108 valence electrons. The van der Waals surface area contributed by atoms with Crippen LogP contribution >= 0.6 is 11.3 Å². The van der Waals surface area contributed by atoms with Crippen LogP contribution in [0.2, 0.25) is 0 Å². The minimum Gasteiger partial charge on any atom is -0.273 e. The number of carbonyl (C=O) groups excluding carboxylic acids is 1. The first-order chi connectivity index (χ1) is 10.1. The van der Waals surface area contributed by atoms with Crippen molar-refractivity contribution in [2.24, 2.45) is 5.10 Å². The predicted octanol–water partition coefficient (Wildman–Crippen LogP) is 2.74. The Morgan fingerprint density at radius 3 is 2.71 bits per heavy atom. The molecule has 0 aliphatic heterocycles. The summed E-state index contributed by atoms with van der Waals surface area (Å²) in [7, 11) is 0. The summed E-state index contributed by atoms with van der Waals surface area (Å²) in [4.78, 5) is 22.3. The number of thiophene rings is 1. The lowest BCUT2D eigenvalue weighted by molar-refractivity contribution is -0.380. The molecule has 0 unspecified atom stereocenters. The molecular formula is C14H13N3O3S. The zero-order valence-corrected chi connectivity index (χ0v) is 11.9. The van der Waals surface area contributed by atoms with Crippen LogP contribution in [0.15, 0.2) is 47.6 Å². The minimum atomic E-state index is -0.458. The number of nitrogens with zero attached hydrogens (tertiary/aromatic N) is 2. The Labute approximate surface area is 125 Å². The van der Waals surface area contributed by atoms with Crippen molar-refractivity contribution in [3.8, 4) is 0 Å². The van der Waals surface area contributed by atoms with Crippen molar-refractivity contribution < 1.29 is 9.72 Å². The van der Waals surface area contributed by atoms with Gasteiger partial charge in [-0.15, -0.1) is 0 Å². The summed E-state index contributed by atoms with van der Waals surface area (Å²) in [5.74, 6) is -0.193. The molecule has 7 heteroatoms. The predicted molar refractivity (Wildman–Crippen MR) is 81.5 cm³/mol. The Balaban J connectivity index is 1.77. The number of hydrogen-bond donors (Lipinski definition) is 1. The molecule has 1 N–H and O–H groups in total. The van der Waals surface area contributed by atoms with Crippen molar-refractivity contribution in [1.82, 2.24) is 5.43 Å². The molecule has 1 aromatic carbocycles. The van der Waals surface area contributed by atoms with Crippen molar-refractivity contribution in [1.29, 1.82) is 0 Å². The fourth-order valence-corrected chi connectivity index (χ4v) is 2.33. The third-order valence-corrected chi connectivity index (χ3v) is 3.63. The van der Waals surface area contributed by atoms with Crippen LogP contribution in [0.5, 0.6) is 0 Å². The summed E-state index contributed by atoms with van der Waals surface area (Å²) in [6.07, 6.45) is 2.39. The first-order valence-electron chi connectivity index (χ1n) is 6.25. The highest BCUT2D eigenvalue weighted by Gasteiger charge is 2.08. The van der Waals surface area contributed by atoms with Crippen molar-refractivity contribution in [3.05, 3.63) is 63.0 Å². The van der Waals surface area contributed by atoms with Gasteiger partial charge in [-0.25, -0.2) is 5.43 Å². The van der Waals surface area contributed by atoms with Gasteiger partial charge in [0.1, 0.15) is 0 Å². The SMILES string of the molecule is O=C(CCc1ccccc1)N/N=C/c1ccc([N+](=O)[O-])s1. The molecule has 0 spiro atoms. The second-order valence-corrected chi connectivity index (χ2v) is 5.31. The lowest BCUT2D eigenvalue weighted by Gasteiger charge is -2.00. The van der Waals surface area contributed by atoms with Crippen molar-refractivity contribution >= 4 is 28.5 Å². The van der Waals surface area contributed by atoms with Gasteiger partial charge in [0.2, 0.25) is 5.91 Å². The van der Waals surface area contributed by atoms with E-state index in [1.165, 1.54) is 12.3 Å². The number of nitrogens with one attached hydrogen (secondary N) is 1. The lowest BCUT2D eigenvalue weighted by Crippen LogP contribution is -2.17. The molecule has 0 fully saturated rings. The molecule has 1 amide bonds. The van der Waals surface area contributed by atoms with Crippen LogP contribution in [-0.2, 0) is 11.2 Å². The van der Waals surface area contributed by atoms with Crippen LogP contribution in [0.25, 0.3) is 0 Å². The average Bonchev–Trinajstić information content (AvgIpc) is 2.95. The summed E-state index contributed by atoms with van der Waals surface area (Å²) in [6, 6.07) is 12.7. The third-order valence-electron chi connectivity index (χ3n) is 2.66. The molecule has 1 heterocycles. The molecular weight excluding hydrogens is 290 g/mol. The second kappa shape index (κ2) is 7.30. The van der Waals surface area contributed by atoms with E-state index in [-0.39, 0.29) is 10.9 Å². The lowest BCUT2D eigenvalue weighted by atomic mass is 10.1. The average molecular weight is 303 g/mol. The van der Waals surface area contributed by atoms with Crippen molar-refractivity contribution in [3.63, 3.8) is 0 Å². The van der Waals surface area contributed by atoms with Crippen LogP contribution in [0.3, 0.4) is 0 Å². The van der Waals surface area contributed by atoms with Gasteiger partial charge in [0.25, 0.3) is 0 Å². The van der Waals surface area contributed by atoms with Gasteiger partial charge in [-0.05, 0) is 18.1 Å². The second-order valence-electron chi connectivity index (χ2n) is 4.21. The van der Waals surface area contributed by atoms with Crippen LogP contribution in [0.4, 0.5) is 5.00 Å². The van der Waals surface area contributed by atoms with E-state index in [4.69, 9.17) is 0 Å². The van der Waals surface area contributed by atoms with E-state index in [9.17, 15) is 14.9 Å². The number of amides is 1. The minimum absolute atomic E-state index is 0.0480. The van der Waals surface area contributed by atoms with Gasteiger partial charge in [-0.3, -0.25) is 14.9 Å². The molecule has 0 bridgehead atoms. The first kappa shape index (κ1) is 14.9. The molecule has 0 saturated carbocycles. The van der Waals surface area contributed by atoms with Gasteiger partial charge < -0.3 is 0 Å². The van der Waals surface area contributed by atoms with E-state index in [1.54, 1.807) is 6.07 Å². The fourth-order valence-electron chi connectivity index (χ4n) is 1.64. The Hall–Kier alpha value is -2.54. The summed E-state index contributed by atoms with van der Waals surface area (Å²) >= 11 is 1.00. The Kier molecular flexibility index (Phi) is 5.16. The van der Waals surface area contributed by atoms with Crippen molar-refractivity contribution in [2.75, 3.05) is 0 Å². The number of carbonyl (C=O) groups is 1. The van der Waals surface area contributed by atoms with Gasteiger partial charge in [-0.2, -0.15) is 5.10 Å². The van der Waals surface area contributed by atoms with E-state index in [1.807, 2.05) is 30.3 Å². The van der Waals surface area contributed by atoms with Gasteiger partial charge in [0, 0.05) is 12.5 Å². The molecule has 0 saturated heterocycles. The van der Waals surface area contributed by atoms with Gasteiger partial charge >= 0.3 is 5.00 Å². The zero-order chi connectivity index (χ0) is 15.1. The van der Waals surface area contributed by atoms with E-state index in [0.717, 1.165) is 16.9 Å². The Morgan fingerprint density at radius 1 is 1.29 bits per heavy atom. The van der Waals surface area contributed by atoms with Crippen LogP contribution in [0, 0.1) is 10.1 Å². The maximum atomic E-state index is 11.6. The molecule has 6 nitrogen and oxygen atoms in total. The highest BCUT2D eigenvalue weighted by Crippen LogP contribution is 2.22. The van der Waals surface area contributed by atoms with Gasteiger partial charge in [0.15, 0.2) is 0 Å². The normalized spacial score (nSPS) is 10.7. The maximum absolute atomic E-state index is 11.6. The van der Waals surface area contributed by atoms with E-state index < -0.39 is 4.92 Å². The van der Waals surface area contributed by atoms with Crippen LogP contribution in [-0.4, -0.2) is 17.0 Å². The number of hydrogen-bond acceptors (Lipinski definition) is 5. The molecule has 0 atom stereocenters. The van der Waals surface area contributed by atoms with Crippen LogP contribution in [0.1, 0.15) is 16.9 Å². The molecule has 2 rings (SSSR count). The van der Waals surface area contributed by atoms with E-state index in [2.05, 4.69) is 10.5 Å². The number of hydrazone groups is 1. The smallest absolute Gasteiger partial charge is 0.273 e. The highest BCUT2D eigenvalue weighted by molar-refractivity contribution is 7.16. The summed E-state index contributed by atoms with van der Waals surface area (Å²) in [5, 5.41) is 14.4. The van der Waals surface area contributed by atoms with Crippen LogP contribution < -0.4 is 5.43 Å². The Bertz CT molecular complexity index is 652. The summed E-state index contributed by atoms with van der Waals surface area (Å²) in [5.41, 5.74) is 3.50. The molecule has 21 heavy (non-hydrogen) atoms. The number of aryl methyl sites for hydroxylation is 1. The number of benzene rings is 1. The monoisotopic (exact) mass is 303 g/mol. The molecule has 0 aliphatic carbocycles. The fraction of sp³-hybridized carbons (Fsp3) is 0.143. The topological polar surface area (TPSA) is 84.6 Å². The number of rotatable bonds is 6. The molecule has 1 aromatic heterocycles. The van der Waals surface area contributed by atoms with Gasteiger partial charge in [0.05, 0.1) is 16.0 Å². The standard InChI is InChI=1S/C14H13N3O3S/c18-13(8-6-11-4-2-1-3-5-11)16-15-10-12-7-9-14(21-12)17(19)20/h1-5,7,9-10H,6,8H2,(H,16,18)/b15-10+. The van der Waals surface area contributed by atoms with Gasteiger partial charge in [-0.1, -0.05) is 41.7 Å². The quantitative estimate of drug-likeness (QED) is 0.506. The zero-order valence-electron chi connectivity index (χ0n) is 11.1. The van der Waals surface area contributed by atoms with E-state index in [0.29, 0.717) is 17.7 Å². The Morgan fingerprint density at radius 2 is 2.05 bits per heavy atom. The highest BCUT2D eigenvalue weighted by atomic mass is 32.1.